The zero-order chi connectivity index (χ0) is 23.2. The summed E-state index contributed by atoms with van der Waals surface area (Å²) in [4.78, 5) is 36.5. The van der Waals surface area contributed by atoms with Crippen molar-refractivity contribution in [1.29, 1.82) is 0 Å². The fourth-order valence-corrected chi connectivity index (χ4v) is 3.51. The Morgan fingerprint density at radius 1 is 0.935 bits per heavy atom. The van der Waals surface area contributed by atoms with Crippen molar-refractivity contribution >= 4 is 39.2 Å². The van der Waals surface area contributed by atoms with Gasteiger partial charge in [0.2, 0.25) is 15.9 Å². The Kier molecular flexibility index (Phi) is 7.59. The SMILES string of the molecule is COC(=O)c1ccc(C(=O)OC)c(NC(=O)CN(c2ccc(OC)cc2)S(C)(=O)=O)c1. The smallest absolute Gasteiger partial charge is 0.339 e. The van der Waals surface area contributed by atoms with Crippen LogP contribution in [-0.2, 0) is 24.3 Å². The first-order valence-electron chi connectivity index (χ1n) is 8.83. The minimum atomic E-state index is -3.82. The van der Waals surface area contributed by atoms with E-state index < -0.39 is 34.4 Å². The molecule has 166 valence electrons. The Balaban J connectivity index is 2.35. The second kappa shape index (κ2) is 9.94. The van der Waals surface area contributed by atoms with Crippen LogP contribution in [0.25, 0.3) is 0 Å². The molecule has 0 unspecified atom stereocenters. The highest BCUT2D eigenvalue weighted by molar-refractivity contribution is 7.92. The molecule has 2 aromatic carbocycles. The molecule has 2 rings (SSSR count). The summed E-state index contributed by atoms with van der Waals surface area (Å²) in [7, 11) is 0.00679. The molecule has 0 saturated heterocycles. The van der Waals surface area contributed by atoms with Gasteiger partial charge in [0.25, 0.3) is 0 Å². The van der Waals surface area contributed by atoms with Gasteiger partial charge in [-0.05, 0) is 42.5 Å². The lowest BCUT2D eigenvalue weighted by molar-refractivity contribution is -0.114. The zero-order valence-corrected chi connectivity index (χ0v) is 18.2. The third-order valence-electron chi connectivity index (χ3n) is 4.17. The number of carbonyl (C=O) groups is 3. The molecule has 0 aliphatic heterocycles. The maximum Gasteiger partial charge on any atom is 0.339 e. The number of methoxy groups -OCH3 is 3. The number of amides is 1. The van der Waals surface area contributed by atoms with Gasteiger partial charge in [0.1, 0.15) is 12.3 Å². The lowest BCUT2D eigenvalue weighted by Crippen LogP contribution is -2.37. The van der Waals surface area contributed by atoms with Crippen LogP contribution in [0.15, 0.2) is 42.5 Å². The van der Waals surface area contributed by atoms with Crippen LogP contribution in [0.3, 0.4) is 0 Å². The maximum absolute atomic E-state index is 12.7. The zero-order valence-electron chi connectivity index (χ0n) is 17.4. The molecule has 1 amide bonds. The summed E-state index contributed by atoms with van der Waals surface area (Å²) in [6.07, 6.45) is 0.961. The number of nitrogens with zero attached hydrogens (tertiary/aromatic N) is 1. The van der Waals surface area contributed by atoms with Crippen molar-refractivity contribution in [1.82, 2.24) is 0 Å². The van der Waals surface area contributed by atoms with Crippen molar-refractivity contribution in [2.45, 2.75) is 0 Å². The highest BCUT2D eigenvalue weighted by Gasteiger charge is 2.23. The van der Waals surface area contributed by atoms with Crippen molar-refractivity contribution in [3.05, 3.63) is 53.6 Å². The van der Waals surface area contributed by atoms with E-state index in [1.54, 1.807) is 12.1 Å². The average Bonchev–Trinajstić information content (AvgIpc) is 2.75. The van der Waals surface area contributed by atoms with Gasteiger partial charge in [-0.15, -0.1) is 0 Å². The van der Waals surface area contributed by atoms with Crippen molar-refractivity contribution in [3.8, 4) is 5.75 Å². The number of anilines is 2. The van der Waals surface area contributed by atoms with Gasteiger partial charge >= 0.3 is 11.9 Å². The highest BCUT2D eigenvalue weighted by atomic mass is 32.2. The fourth-order valence-electron chi connectivity index (χ4n) is 2.65. The number of hydrogen-bond donors (Lipinski definition) is 1. The molecule has 0 aromatic heterocycles. The van der Waals surface area contributed by atoms with Gasteiger partial charge < -0.3 is 19.5 Å². The molecular weight excluding hydrogens is 428 g/mol. The molecule has 0 saturated carbocycles. The molecule has 11 heteroatoms. The molecular formula is C20H22N2O8S. The van der Waals surface area contributed by atoms with E-state index in [0.29, 0.717) is 5.75 Å². The number of benzene rings is 2. The van der Waals surface area contributed by atoms with E-state index in [1.165, 1.54) is 44.6 Å². The van der Waals surface area contributed by atoms with E-state index in [1.807, 2.05) is 0 Å². The Morgan fingerprint density at radius 2 is 1.55 bits per heavy atom. The van der Waals surface area contributed by atoms with Crippen LogP contribution in [0.4, 0.5) is 11.4 Å². The van der Waals surface area contributed by atoms with E-state index in [2.05, 4.69) is 14.8 Å². The molecule has 0 bridgehead atoms. The maximum atomic E-state index is 12.7. The van der Waals surface area contributed by atoms with Crippen LogP contribution in [0.1, 0.15) is 20.7 Å². The first-order chi connectivity index (χ1) is 14.6. The minimum Gasteiger partial charge on any atom is -0.497 e. The topological polar surface area (TPSA) is 128 Å². The Hall–Kier alpha value is -3.60. The summed E-state index contributed by atoms with van der Waals surface area (Å²) in [5.41, 5.74) is 0.289. The minimum absolute atomic E-state index is 0.0149. The highest BCUT2D eigenvalue weighted by Crippen LogP contribution is 2.23. The summed E-state index contributed by atoms with van der Waals surface area (Å²) in [6.45, 7) is -0.575. The van der Waals surface area contributed by atoms with Gasteiger partial charge in [-0.1, -0.05) is 0 Å². The van der Waals surface area contributed by atoms with Crippen molar-refractivity contribution in [2.75, 3.05) is 43.8 Å². The lowest BCUT2D eigenvalue weighted by atomic mass is 10.1. The standard InChI is InChI=1S/C20H22N2O8S/c1-28-15-8-6-14(7-9-15)22(31(4,26)27)12-18(23)21-17-11-13(19(24)29-2)5-10-16(17)20(25)30-3/h5-11H,12H2,1-4H3,(H,21,23). The van der Waals surface area contributed by atoms with Gasteiger partial charge in [0.15, 0.2) is 0 Å². The van der Waals surface area contributed by atoms with Crippen molar-refractivity contribution < 1.29 is 37.0 Å². The third-order valence-corrected chi connectivity index (χ3v) is 5.31. The molecule has 0 heterocycles. The lowest BCUT2D eigenvalue weighted by Gasteiger charge is -2.22. The number of carbonyl (C=O) groups excluding carboxylic acids is 3. The molecule has 0 spiro atoms. The van der Waals surface area contributed by atoms with Crippen molar-refractivity contribution in [2.24, 2.45) is 0 Å². The van der Waals surface area contributed by atoms with E-state index in [9.17, 15) is 22.8 Å². The number of hydrogen-bond acceptors (Lipinski definition) is 8. The van der Waals surface area contributed by atoms with Crippen LogP contribution in [0.5, 0.6) is 5.75 Å². The summed E-state index contributed by atoms with van der Waals surface area (Å²) in [6, 6.07) is 9.98. The first-order valence-corrected chi connectivity index (χ1v) is 10.7. The average molecular weight is 450 g/mol. The second-order valence-electron chi connectivity index (χ2n) is 6.26. The molecule has 0 fully saturated rings. The quantitative estimate of drug-likeness (QED) is 0.602. The molecule has 31 heavy (non-hydrogen) atoms. The van der Waals surface area contributed by atoms with Crippen LogP contribution >= 0.6 is 0 Å². The van der Waals surface area contributed by atoms with Crippen LogP contribution in [0.2, 0.25) is 0 Å². The molecule has 2 aromatic rings. The number of rotatable bonds is 8. The number of ether oxygens (including phenoxy) is 3. The summed E-state index contributed by atoms with van der Waals surface area (Å²) in [5.74, 6) is -1.65. The molecule has 0 aliphatic carbocycles. The van der Waals surface area contributed by atoms with Crippen LogP contribution in [0, 0.1) is 0 Å². The van der Waals surface area contributed by atoms with Gasteiger partial charge in [0.05, 0.1) is 50.1 Å². The molecule has 1 N–H and O–H groups in total. The van der Waals surface area contributed by atoms with Gasteiger partial charge in [-0.3, -0.25) is 9.10 Å². The summed E-state index contributed by atoms with van der Waals surface area (Å²) in [5, 5.41) is 2.46. The fraction of sp³-hybridized carbons (Fsp3) is 0.250. The van der Waals surface area contributed by atoms with Crippen LogP contribution in [-0.4, -0.2) is 60.4 Å². The van der Waals surface area contributed by atoms with E-state index >= 15 is 0 Å². The predicted molar refractivity (Wildman–Crippen MR) is 113 cm³/mol. The van der Waals surface area contributed by atoms with Gasteiger partial charge in [-0.25, -0.2) is 18.0 Å². The van der Waals surface area contributed by atoms with Crippen molar-refractivity contribution in [3.63, 3.8) is 0 Å². The number of sulfonamides is 1. The van der Waals surface area contributed by atoms with Gasteiger partial charge in [0, 0.05) is 0 Å². The number of nitrogens with one attached hydrogen (secondary N) is 1. The Labute approximate surface area is 179 Å². The third kappa shape index (κ3) is 5.95. The van der Waals surface area contributed by atoms with Gasteiger partial charge in [-0.2, -0.15) is 0 Å². The summed E-state index contributed by atoms with van der Waals surface area (Å²) >= 11 is 0. The van der Waals surface area contributed by atoms with Crippen LogP contribution < -0.4 is 14.4 Å². The van der Waals surface area contributed by atoms with E-state index in [4.69, 9.17) is 4.74 Å². The number of esters is 2. The first kappa shape index (κ1) is 23.7. The summed E-state index contributed by atoms with van der Waals surface area (Å²) < 4.78 is 39.8. The molecule has 0 atom stereocenters. The molecule has 10 nitrogen and oxygen atoms in total. The van der Waals surface area contributed by atoms with E-state index in [0.717, 1.165) is 17.7 Å². The van der Waals surface area contributed by atoms with E-state index in [-0.39, 0.29) is 22.5 Å². The normalized spacial score (nSPS) is 10.7. The Morgan fingerprint density at radius 3 is 2.06 bits per heavy atom. The molecule has 0 radical (unpaired) electrons. The Bertz CT molecular complexity index is 1080. The molecule has 0 aliphatic rings. The second-order valence-corrected chi connectivity index (χ2v) is 8.17. The monoisotopic (exact) mass is 450 g/mol. The largest absolute Gasteiger partial charge is 0.497 e. The predicted octanol–water partition coefficient (Wildman–Crippen LogP) is 1.67.